The van der Waals surface area contributed by atoms with Crippen molar-refractivity contribution in [1.29, 1.82) is 0 Å². The Morgan fingerprint density at radius 3 is 2.31 bits per heavy atom. The second-order valence-electron chi connectivity index (χ2n) is 7.27. The highest BCUT2D eigenvalue weighted by Crippen LogP contribution is 2.35. The van der Waals surface area contributed by atoms with Crippen molar-refractivity contribution in [2.24, 2.45) is 12.8 Å². The highest BCUT2D eigenvalue weighted by Gasteiger charge is 2.44. The molecule has 0 bridgehead atoms. The monoisotopic (exact) mass is 362 g/mol. The fraction of sp³-hybridized carbons (Fsp3) is 0.550. The molecule has 0 saturated heterocycles. The van der Waals surface area contributed by atoms with Crippen LogP contribution in [0.15, 0.2) is 23.4 Å². The summed E-state index contributed by atoms with van der Waals surface area (Å²) >= 11 is 0. The molecule has 0 fully saturated rings. The number of allylic oxidation sites excluding steroid dienone is 3. The van der Waals surface area contributed by atoms with Crippen LogP contribution in [0, 0.1) is 13.8 Å². The van der Waals surface area contributed by atoms with Crippen molar-refractivity contribution in [2.75, 3.05) is 6.54 Å². The van der Waals surface area contributed by atoms with Crippen LogP contribution in [0.4, 0.5) is 8.63 Å². The molecule has 0 spiro atoms. The van der Waals surface area contributed by atoms with Gasteiger partial charge in [0.15, 0.2) is 11.4 Å². The summed E-state index contributed by atoms with van der Waals surface area (Å²) in [5.74, 6) is 0. The summed E-state index contributed by atoms with van der Waals surface area (Å²) < 4.78 is 30.9. The molecule has 2 rings (SSSR count). The zero-order valence-electron chi connectivity index (χ0n) is 16.7. The van der Waals surface area contributed by atoms with Gasteiger partial charge in [-0.1, -0.05) is 12.8 Å². The fourth-order valence-electron chi connectivity index (χ4n) is 3.96. The number of rotatable bonds is 8. The van der Waals surface area contributed by atoms with Crippen LogP contribution in [0.2, 0.25) is 0 Å². The van der Waals surface area contributed by atoms with Crippen LogP contribution in [0.5, 0.6) is 0 Å². The number of hydrogen-bond acceptors (Lipinski definition) is 1. The molecule has 0 saturated carbocycles. The van der Waals surface area contributed by atoms with Gasteiger partial charge in [-0.25, -0.2) is 13.1 Å². The molecule has 1 aromatic rings. The normalized spacial score (nSPS) is 16.4. The van der Waals surface area contributed by atoms with E-state index in [0.717, 1.165) is 60.2 Å². The molecule has 6 heteroatoms. The predicted molar refractivity (Wildman–Crippen MR) is 107 cm³/mol. The van der Waals surface area contributed by atoms with E-state index in [1.54, 1.807) is 6.92 Å². The Morgan fingerprint density at radius 1 is 1.12 bits per heavy atom. The lowest BCUT2D eigenvalue weighted by Gasteiger charge is -2.15. The van der Waals surface area contributed by atoms with Crippen molar-refractivity contribution >= 4 is 18.7 Å². The van der Waals surface area contributed by atoms with Gasteiger partial charge in [-0.2, -0.15) is 0 Å². The molecule has 1 aliphatic rings. The summed E-state index contributed by atoms with van der Waals surface area (Å²) in [6.45, 7) is 8.51. The highest BCUT2D eigenvalue weighted by molar-refractivity contribution is 6.35. The van der Waals surface area contributed by atoms with E-state index in [2.05, 4.69) is 24.5 Å². The van der Waals surface area contributed by atoms with Gasteiger partial charge in [0.2, 0.25) is 0 Å². The average molecular weight is 362 g/mol. The minimum atomic E-state index is -2.53. The molecule has 0 amide bonds. The van der Waals surface area contributed by atoms with Crippen molar-refractivity contribution in [3.05, 3.63) is 40.4 Å². The maximum Gasteiger partial charge on any atom is 0.934 e. The Bertz CT molecular complexity index is 757. The smallest absolute Gasteiger partial charge is 0.348 e. The molecule has 2 heterocycles. The van der Waals surface area contributed by atoms with Crippen molar-refractivity contribution < 1.29 is 13.1 Å². The Morgan fingerprint density at radius 2 is 1.77 bits per heavy atom. The topological polar surface area (TPSA) is 34.0 Å². The first kappa shape index (κ1) is 20.6. The Hall–Kier alpha value is -1.69. The van der Waals surface area contributed by atoms with Crippen LogP contribution < -0.4 is 5.73 Å². The van der Waals surface area contributed by atoms with E-state index in [-0.39, 0.29) is 0 Å². The summed E-state index contributed by atoms with van der Waals surface area (Å²) in [6, 6.07) is 2.13. The third-order valence-electron chi connectivity index (χ3n) is 5.23. The van der Waals surface area contributed by atoms with Crippen LogP contribution in [0.3, 0.4) is 0 Å². The van der Waals surface area contributed by atoms with E-state index in [0.29, 0.717) is 18.0 Å². The summed E-state index contributed by atoms with van der Waals surface area (Å²) in [7, 11) is -0.517. The maximum atomic E-state index is 13.8. The van der Waals surface area contributed by atoms with E-state index in [4.69, 9.17) is 5.73 Å². The van der Waals surface area contributed by atoms with Crippen LogP contribution in [0.1, 0.15) is 62.9 Å². The van der Waals surface area contributed by atoms with E-state index in [1.165, 1.54) is 4.49 Å². The number of hydrogen-bond donors (Lipinski definition) is 1. The van der Waals surface area contributed by atoms with E-state index >= 15 is 0 Å². The zero-order valence-corrected chi connectivity index (χ0v) is 16.7. The number of aryl methyl sites for hydroxylation is 2. The Labute approximate surface area is 156 Å². The largest absolute Gasteiger partial charge is 0.934 e. The molecule has 0 aromatic carbocycles. The lowest BCUT2D eigenvalue weighted by molar-refractivity contribution is -0.343. The van der Waals surface area contributed by atoms with Crippen molar-refractivity contribution in [3.8, 4) is 0 Å². The molecular formula is C20H31BF2N3+. The van der Waals surface area contributed by atoms with Crippen LogP contribution in [-0.4, -0.2) is 28.7 Å². The van der Waals surface area contributed by atoms with Gasteiger partial charge in [-0.05, 0) is 58.2 Å². The number of nitrogens with zero attached hydrogens (tertiary/aromatic N) is 2. The minimum Gasteiger partial charge on any atom is -0.348 e. The van der Waals surface area contributed by atoms with Crippen molar-refractivity contribution in [2.45, 2.75) is 59.8 Å². The molecule has 3 nitrogen and oxygen atoms in total. The molecule has 0 radical (unpaired) electrons. The van der Waals surface area contributed by atoms with Gasteiger partial charge in [-0.3, -0.25) is 0 Å². The molecular weight excluding hydrogens is 331 g/mol. The van der Waals surface area contributed by atoms with Gasteiger partial charge >= 0.3 is 7.40 Å². The molecule has 0 aliphatic carbocycles. The fourth-order valence-corrected chi connectivity index (χ4v) is 3.96. The van der Waals surface area contributed by atoms with Crippen molar-refractivity contribution in [1.82, 2.24) is 4.57 Å². The SMILES string of the molecule is CC1=CC(C)=[N+](B(F)F)/C1=C(/CCCCCCN)c1c(C)cc(C)n1C. The van der Waals surface area contributed by atoms with Crippen LogP contribution in [-0.2, 0) is 7.05 Å². The number of aromatic nitrogens is 1. The molecule has 0 atom stereocenters. The maximum absolute atomic E-state index is 13.8. The highest BCUT2D eigenvalue weighted by atomic mass is 19.2. The summed E-state index contributed by atoms with van der Waals surface area (Å²) in [4.78, 5) is 0. The minimum absolute atomic E-state index is 0.608. The van der Waals surface area contributed by atoms with E-state index in [1.807, 2.05) is 20.0 Å². The quantitative estimate of drug-likeness (QED) is 0.531. The first-order chi connectivity index (χ1) is 12.3. The lowest BCUT2D eigenvalue weighted by atomic mass is 9.95. The molecule has 1 aliphatic heterocycles. The van der Waals surface area contributed by atoms with Crippen LogP contribution >= 0.6 is 0 Å². The van der Waals surface area contributed by atoms with Gasteiger partial charge < -0.3 is 10.3 Å². The second-order valence-corrected chi connectivity index (χ2v) is 7.27. The Kier molecular flexibility index (Phi) is 6.98. The zero-order chi connectivity index (χ0) is 19.4. The molecule has 142 valence electrons. The first-order valence-corrected chi connectivity index (χ1v) is 9.45. The van der Waals surface area contributed by atoms with Gasteiger partial charge in [-0.15, -0.1) is 0 Å². The van der Waals surface area contributed by atoms with Gasteiger partial charge in [0.1, 0.15) is 0 Å². The summed E-state index contributed by atoms with van der Waals surface area (Å²) in [6.07, 6.45) is 6.80. The predicted octanol–water partition coefficient (Wildman–Crippen LogP) is 4.62. The molecule has 1 aromatic heterocycles. The number of nitrogens with two attached hydrogens (primary N) is 1. The molecule has 2 N–H and O–H groups in total. The third kappa shape index (κ3) is 4.17. The molecule has 26 heavy (non-hydrogen) atoms. The van der Waals surface area contributed by atoms with Gasteiger partial charge in [0, 0.05) is 36.9 Å². The Balaban J connectivity index is 2.52. The number of halogens is 2. The standard InChI is InChI=1S/C20H31BF2N3/c1-14-12-16(3)25(5)19(14)18(10-8-6-7-9-11-24)20-15(2)13-17(4)26(20)21(22)23/h12-13H,6-11,24H2,1-5H3/q+1. The van der Waals surface area contributed by atoms with E-state index < -0.39 is 7.40 Å². The second kappa shape index (κ2) is 8.80. The lowest BCUT2D eigenvalue weighted by Crippen LogP contribution is -2.25. The van der Waals surface area contributed by atoms with Crippen LogP contribution in [0.25, 0.3) is 5.57 Å². The average Bonchev–Trinajstić information content (AvgIpc) is 2.99. The van der Waals surface area contributed by atoms with E-state index in [9.17, 15) is 8.63 Å². The summed E-state index contributed by atoms with van der Waals surface area (Å²) in [5.41, 5.74) is 12.2. The van der Waals surface area contributed by atoms with Crippen molar-refractivity contribution in [3.63, 3.8) is 0 Å². The molecule has 0 unspecified atom stereocenters. The van der Waals surface area contributed by atoms with Gasteiger partial charge in [0.25, 0.3) is 0 Å². The number of unbranched alkanes of at least 4 members (excludes halogenated alkanes) is 3. The first-order valence-electron chi connectivity index (χ1n) is 9.45. The third-order valence-corrected chi connectivity index (χ3v) is 5.23. The summed E-state index contributed by atoms with van der Waals surface area (Å²) in [5, 5.41) is 0. The van der Waals surface area contributed by atoms with Gasteiger partial charge in [0.05, 0.1) is 5.69 Å².